The van der Waals surface area contributed by atoms with Gasteiger partial charge in [0.25, 0.3) is 0 Å². The summed E-state index contributed by atoms with van der Waals surface area (Å²) in [6, 6.07) is 19.8. The van der Waals surface area contributed by atoms with Crippen molar-refractivity contribution in [3.05, 3.63) is 71.8 Å². The van der Waals surface area contributed by atoms with E-state index in [9.17, 15) is 4.79 Å². The molecular formula is C23H25N5O. The third kappa shape index (κ3) is 5.10. The van der Waals surface area contributed by atoms with E-state index < -0.39 is 0 Å². The van der Waals surface area contributed by atoms with Crippen LogP contribution in [0, 0.1) is 6.92 Å². The van der Waals surface area contributed by atoms with Crippen molar-refractivity contribution in [2.75, 3.05) is 28.6 Å². The number of nitrogens with zero attached hydrogens (tertiary/aromatic N) is 3. The summed E-state index contributed by atoms with van der Waals surface area (Å²) in [5.74, 6) is 0.967. The van der Waals surface area contributed by atoms with Crippen molar-refractivity contribution in [1.82, 2.24) is 10.2 Å². The van der Waals surface area contributed by atoms with Crippen LogP contribution in [0.5, 0.6) is 0 Å². The van der Waals surface area contributed by atoms with Gasteiger partial charge in [0, 0.05) is 24.5 Å². The van der Waals surface area contributed by atoms with Crippen LogP contribution in [0.25, 0.3) is 0 Å². The summed E-state index contributed by atoms with van der Waals surface area (Å²) >= 11 is 0. The highest BCUT2D eigenvalue weighted by atomic mass is 16.1. The minimum absolute atomic E-state index is 0.110. The number of amides is 1. The predicted octanol–water partition coefficient (Wildman–Crippen LogP) is 4.31. The summed E-state index contributed by atoms with van der Waals surface area (Å²) in [5, 5.41) is 14.3. The molecule has 1 aliphatic heterocycles. The van der Waals surface area contributed by atoms with Crippen LogP contribution < -0.4 is 15.5 Å². The molecule has 0 spiro atoms. The number of nitrogens with one attached hydrogen (secondary N) is 2. The highest BCUT2D eigenvalue weighted by Gasteiger charge is 2.12. The lowest BCUT2D eigenvalue weighted by atomic mass is 10.1. The molecule has 0 unspecified atom stereocenters. The zero-order valence-electron chi connectivity index (χ0n) is 16.6. The number of hydrogen-bond acceptors (Lipinski definition) is 5. The molecule has 1 saturated heterocycles. The molecule has 6 nitrogen and oxygen atoms in total. The fraction of sp³-hybridized carbons (Fsp3) is 0.261. The number of carbonyl (C=O) groups is 1. The molecule has 0 atom stereocenters. The molecule has 2 N–H and O–H groups in total. The van der Waals surface area contributed by atoms with Crippen LogP contribution in [0.15, 0.2) is 60.7 Å². The predicted molar refractivity (Wildman–Crippen MR) is 117 cm³/mol. The molecule has 0 bridgehead atoms. The molecule has 2 aromatic carbocycles. The third-order valence-corrected chi connectivity index (χ3v) is 5.03. The monoisotopic (exact) mass is 387 g/mol. The zero-order chi connectivity index (χ0) is 20.1. The highest BCUT2D eigenvalue weighted by molar-refractivity contribution is 5.91. The molecule has 1 aliphatic rings. The molecule has 1 amide bonds. The van der Waals surface area contributed by atoms with Gasteiger partial charge in [0.1, 0.15) is 0 Å². The Bertz CT molecular complexity index is 946. The average Bonchev–Trinajstić information content (AvgIpc) is 3.27. The van der Waals surface area contributed by atoms with E-state index in [2.05, 4.69) is 37.9 Å². The number of aryl methyl sites for hydroxylation is 1. The molecule has 2 heterocycles. The van der Waals surface area contributed by atoms with E-state index in [-0.39, 0.29) is 5.91 Å². The first kappa shape index (κ1) is 18.9. The first-order valence-electron chi connectivity index (χ1n) is 9.97. The Balaban J connectivity index is 1.31. The maximum atomic E-state index is 12.2. The van der Waals surface area contributed by atoms with Gasteiger partial charge in [-0.05, 0) is 61.7 Å². The van der Waals surface area contributed by atoms with Gasteiger partial charge in [-0.25, -0.2) is 0 Å². The fourth-order valence-electron chi connectivity index (χ4n) is 3.42. The number of anilines is 4. The smallest absolute Gasteiger partial charge is 0.229 e. The maximum Gasteiger partial charge on any atom is 0.229 e. The summed E-state index contributed by atoms with van der Waals surface area (Å²) in [6.45, 7) is 4.29. The number of benzene rings is 2. The van der Waals surface area contributed by atoms with Crippen molar-refractivity contribution >= 4 is 28.9 Å². The summed E-state index contributed by atoms with van der Waals surface area (Å²) < 4.78 is 0. The Labute approximate surface area is 171 Å². The number of aromatic nitrogens is 2. The van der Waals surface area contributed by atoms with Gasteiger partial charge < -0.3 is 15.5 Å². The first-order valence-corrected chi connectivity index (χ1v) is 9.97. The Hall–Kier alpha value is -3.41. The molecule has 1 fully saturated rings. The molecule has 0 saturated carbocycles. The summed E-state index contributed by atoms with van der Waals surface area (Å²) in [5.41, 5.74) is 4.36. The fourth-order valence-corrected chi connectivity index (χ4v) is 3.42. The molecule has 29 heavy (non-hydrogen) atoms. The summed E-state index contributed by atoms with van der Waals surface area (Å²) in [7, 11) is 0. The van der Waals surface area contributed by atoms with Gasteiger partial charge in [0.05, 0.1) is 6.42 Å². The van der Waals surface area contributed by atoms with E-state index in [0.717, 1.165) is 24.3 Å². The van der Waals surface area contributed by atoms with Crippen LogP contribution in [-0.4, -0.2) is 29.2 Å². The second kappa shape index (κ2) is 8.73. The van der Waals surface area contributed by atoms with Crippen LogP contribution >= 0.6 is 0 Å². The molecule has 0 aliphatic carbocycles. The SMILES string of the molecule is Cc1ccc(CC(=O)Nc2ccc(Nc3ccc(N4CCCC4)cc3)nn2)cc1. The number of carbonyl (C=O) groups excluding carboxylic acids is 1. The van der Waals surface area contributed by atoms with Gasteiger partial charge in [-0.2, -0.15) is 0 Å². The second-order valence-electron chi connectivity index (χ2n) is 7.38. The van der Waals surface area contributed by atoms with E-state index in [1.807, 2.05) is 49.4 Å². The molecule has 3 aromatic rings. The van der Waals surface area contributed by atoms with Gasteiger partial charge in [-0.3, -0.25) is 4.79 Å². The topological polar surface area (TPSA) is 70.2 Å². The second-order valence-corrected chi connectivity index (χ2v) is 7.38. The van der Waals surface area contributed by atoms with Gasteiger partial charge in [0.2, 0.25) is 5.91 Å². The quantitative estimate of drug-likeness (QED) is 0.660. The molecule has 148 valence electrons. The maximum absolute atomic E-state index is 12.2. The summed E-state index contributed by atoms with van der Waals surface area (Å²) in [4.78, 5) is 14.6. The molecule has 4 rings (SSSR count). The lowest BCUT2D eigenvalue weighted by Gasteiger charge is -2.17. The van der Waals surface area contributed by atoms with Crippen LogP contribution in [0.4, 0.5) is 23.0 Å². The van der Waals surface area contributed by atoms with Crippen LogP contribution in [0.2, 0.25) is 0 Å². The minimum Gasteiger partial charge on any atom is -0.372 e. The van der Waals surface area contributed by atoms with Gasteiger partial charge in [-0.15, -0.1) is 10.2 Å². The largest absolute Gasteiger partial charge is 0.372 e. The molecule has 6 heteroatoms. The normalized spacial score (nSPS) is 13.3. The van der Waals surface area contributed by atoms with Crippen LogP contribution in [0.1, 0.15) is 24.0 Å². The van der Waals surface area contributed by atoms with Crippen molar-refractivity contribution in [3.63, 3.8) is 0 Å². The molecule has 0 radical (unpaired) electrons. The Morgan fingerprint density at radius 3 is 2.21 bits per heavy atom. The van der Waals surface area contributed by atoms with E-state index >= 15 is 0 Å². The zero-order valence-corrected chi connectivity index (χ0v) is 16.6. The van der Waals surface area contributed by atoms with Crippen LogP contribution in [0.3, 0.4) is 0 Å². The Kier molecular flexibility index (Phi) is 5.70. The van der Waals surface area contributed by atoms with Crippen molar-refractivity contribution in [2.24, 2.45) is 0 Å². The van der Waals surface area contributed by atoms with Crippen LogP contribution in [-0.2, 0) is 11.2 Å². The third-order valence-electron chi connectivity index (χ3n) is 5.03. The van der Waals surface area contributed by atoms with E-state index in [0.29, 0.717) is 18.1 Å². The highest BCUT2D eigenvalue weighted by Crippen LogP contribution is 2.23. The standard InChI is InChI=1S/C23H25N5O/c1-17-4-6-18(7-5-17)16-23(29)25-22-13-12-21(26-27-22)24-19-8-10-20(11-9-19)28-14-2-3-15-28/h4-13H,2-3,14-16H2,1H3,(H,24,26)(H,25,27,29). The Morgan fingerprint density at radius 1 is 0.897 bits per heavy atom. The van der Waals surface area contributed by atoms with E-state index in [1.165, 1.54) is 24.1 Å². The lowest BCUT2D eigenvalue weighted by Crippen LogP contribution is -2.17. The first-order chi connectivity index (χ1) is 14.2. The van der Waals surface area contributed by atoms with E-state index in [4.69, 9.17) is 0 Å². The lowest BCUT2D eigenvalue weighted by molar-refractivity contribution is -0.115. The van der Waals surface area contributed by atoms with Gasteiger partial charge in [-0.1, -0.05) is 29.8 Å². The van der Waals surface area contributed by atoms with Crippen molar-refractivity contribution < 1.29 is 4.79 Å². The molecule has 1 aromatic heterocycles. The minimum atomic E-state index is -0.110. The van der Waals surface area contributed by atoms with Crippen molar-refractivity contribution in [2.45, 2.75) is 26.2 Å². The van der Waals surface area contributed by atoms with Crippen molar-refractivity contribution in [3.8, 4) is 0 Å². The number of rotatable bonds is 6. The molecular weight excluding hydrogens is 362 g/mol. The van der Waals surface area contributed by atoms with Gasteiger partial charge >= 0.3 is 0 Å². The average molecular weight is 387 g/mol. The Morgan fingerprint density at radius 2 is 1.55 bits per heavy atom. The van der Waals surface area contributed by atoms with Crippen molar-refractivity contribution in [1.29, 1.82) is 0 Å². The van der Waals surface area contributed by atoms with Gasteiger partial charge in [0.15, 0.2) is 11.6 Å². The number of hydrogen-bond donors (Lipinski definition) is 2. The van der Waals surface area contributed by atoms with E-state index in [1.54, 1.807) is 6.07 Å². The summed E-state index contributed by atoms with van der Waals surface area (Å²) in [6.07, 6.45) is 2.85.